The molecule has 2 amide bonds. The van der Waals surface area contributed by atoms with Crippen molar-refractivity contribution in [2.45, 2.75) is 13.1 Å². The molecule has 1 fully saturated rings. The lowest BCUT2D eigenvalue weighted by Gasteiger charge is -2.14. The first-order chi connectivity index (χ1) is 10.0. The highest BCUT2D eigenvalue weighted by molar-refractivity contribution is 8.13. The van der Waals surface area contributed by atoms with Crippen molar-refractivity contribution < 1.29 is 14.5 Å². The van der Waals surface area contributed by atoms with Gasteiger partial charge in [-0.1, -0.05) is 36.0 Å². The molecule has 2 N–H and O–H groups in total. The van der Waals surface area contributed by atoms with Crippen molar-refractivity contribution in [2.24, 2.45) is 0 Å². The summed E-state index contributed by atoms with van der Waals surface area (Å²) in [6, 6.07) is 8.26. The van der Waals surface area contributed by atoms with Crippen molar-refractivity contribution in [1.29, 1.82) is 0 Å². The third kappa shape index (κ3) is 5.06. The van der Waals surface area contributed by atoms with E-state index in [0.29, 0.717) is 13.1 Å². The van der Waals surface area contributed by atoms with Crippen molar-refractivity contribution in [3.8, 4) is 0 Å². The van der Waals surface area contributed by atoms with Crippen LogP contribution in [0.2, 0.25) is 0 Å². The third-order valence-corrected chi connectivity index (χ3v) is 4.14. The number of nitrogens with zero attached hydrogens (tertiary/aromatic N) is 1. The van der Waals surface area contributed by atoms with Crippen LogP contribution < -0.4 is 10.2 Å². The SMILES string of the molecule is C[NH+](C)Cc1ccc(CNC(=O)CN2CCSC2=O)cc1. The second-order valence-electron chi connectivity index (χ2n) is 5.51. The number of thioether (sulfide) groups is 1. The molecule has 1 heterocycles. The highest BCUT2D eigenvalue weighted by Gasteiger charge is 2.22. The predicted molar refractivity (Wildman–Crippen MR) is 84.2 cm³/mol. The van der Waals surface area contributed by atoms with Gasteiger partial charge in [0, 0.05) is 24.4 Å². The maximum Gasteiger partial charge on any atom is 0.282 e. The first-order valence-corrected chi connectivity index (χ1v) is 8.08. The normalized spacial score (nSPS) is 14.8. The standard InChI is InChI=1S/C15H21N3O2S/c1-17(2)10-13-5-3-12(4-6-13)9-16-14(19)11-18-7-8-21-15(18)20/h3-6H,7-11H2,1-2H3,(H,16,19)/p+1. The molecule has 0 unspecified atom stereocenters. The van der Waals surface area contributed by atoms with Gasteiger partial charge in [-0.05, 0) is 5.56 Å². The molecular formula is C15H22N3O2S+. The Morgan fingerprint density at radius 2 is 1.95 bits per heavy atom. The molecule has 1 saturated heterocycles. The van der Waals surface area contributed by atoms with Gasteiger partial charge in [0.25, 0.3) is 5.24 Å². The summed E-state index contributed by atoms with van der Waals surface area (Å²) >= 11 is 1.27. The monoisotopic (exact) mass is 308 g/mol. The molecule has 1 aliphatic rings. The van der Waals surface area contributed by atoms with Crippen LogP contribution in [-0.2, 0) is 17.9 Å². The van der Waals surface area contributed by atoms with Gasteiger partial charge in [-0.3, -0.25) is 9.59 Å². The summed E-state index contributed by atoms with van der Waals surface area (Å²) in [6.07, 6.45) is 0. The summed E-state index contributed by atoms with van der Waals surface area (Å²) in [7, 11) is 4.23. The fourth-order valence-corrected chi connectivity index (χ4v) is 3.01. The fraction of sp³-hybridized carbons (Fsp3) is 0.467. The van der Waals surface area contributed by atoms with E-state index in [4.69, 9.17) is 0 Å². The minimum Gasteiger partial charge on any atom is -0.350 e. The summed E-state index contributed by atoms with van der Waals surface area (Å²) < 4.78 is 0. The molecule has 0 atom stereocenters. The number of quaternary nitrogens is 1. The minimum absolute atomic E-state index is 0.000637. The van der Waals surface area contributed by atoms with Crippen LogP contribution >= 0.6 is 11.8 Å². The Bertz CT molecular complexity index is 502. The van der Waals surface area contributed by atoms with E-state index in [1.54, 1.807) is 4.90 Å². The lowest BCUT2D eigenvalue weighted by molar-refractivity contribution is -0.872. The van der Waals surface area contributed by atoms with E-state index in [2.05, 4.69) is 31.5 Å². The van der Waals surface area contributed by atoms with E-state index in [0.717, 1.165) is 17.9 Å². The molecule has 0 bridgehead atoms. The number of carbonyl (C=O) groups excluding carboxylic acids is 2. The number of rotatable bonds is 6. The van der Waals surface area contributed by atoms with Crippen LogP contribution in [0.15, 0.2) is 24.3 Å². The largest absolute Gasteiger partial charge is 0.350 e. The minimum atomic E-state index is -0.104. The maximum absolute atomic E-state index is 11.8. The second-order valence-corrected chi connectivity index (χ2v) is 6.56. The Morgan fingerprint density at radius 1 is 1.29 bits per heavy atom. The van der Waals surface area contributed by atoms with Crippen molar-refractivity contribution in [1.82, 2.24) is 10.2 Å². The molecule has 5 nitrogen and oxygen atoms in total. The van der Waals surface area contributed by atoms with E-state index in [1.807, 2.05) is 12.1 Å². The third-order valence-electron chi connectivity index (χ3n) is 3.25. The average Bonchev–Trinajstić information content (AvgIpc) is 2.83. The number of hydrogen-bond donors (Lipinski definition) is 2. The molecule has 6 heteroatoms. The Hall–Kier alpha value is -1.53. The Labute approximate surface area is 129 Å². The van der Waals surface area contributed by atoms with Crippen LogP contribution in [0.1, 0.15) is 11.1 Å². The second kappa shape index (κ2) is 7.47. The van der Waals surface area contributed by atoms with Gasteiger partial charge in [0.2, 0.25) is 5.91 Å². The molecule has 0 aromatic heterocycles. The lowest BCUT2D eigenvalue weighted by Crippen LogP contribution is -3.04. The summed E-state index contributed by atoms with van der Waals surface area (Å²) in [4.78, 5) is 26.2. The number of benzene rings is 1. The number of hydrogen-bond acceptors (Lipinski definition) is 3. The van der Waals surface area contributed by atoms with Crippen molar-refractivity contribution >= 4 is 22.9 Å². The van der Waals surface area contributed by atoms with E-state index >= 15 is 0 Å². The van der Waals surface area contributed by atoms with E-state index in [9.17, 15) is 9.59 Å². The molecule has 0 aliphatic carbocycles. The van der Waals surface area contributed by atoms with Crippen LogP contribution in [-0.4, -0.2) is 49.0 Å². The molecule has 0 spiro atoms. The fourth-order valence-electron chi connectivity index (χ4n) is 2.18. The van der Waals surface area contributed by atoms with Gasteiger partial charge in [0.15, 0.2) is 0 Å². The average molecular weight is 308 g/mol. The summed E-state index contributed by atoms with van der Waals surface area (Å²) in [6.45, 7) is 2.32. The Balaban J connectivity index is 1.77. The van der Waals surface area contributed by atoms with Crippen LogP contribution in [0.5, 0.6) is 0 Å². The van der Waals surface area contributed by atoms with Crippen LogP contribution in [0.3, 0.4) is 0 Å². The van der Waals surface area contributed by atoms with Crippen molar-refractivity contribution in [2.75, 3.05) is 32.9 Å². The van der Waals surface area contributed by atoms with Gasteiger partial charge in [0.05, 0.1) is 14.1 Å². The van der Waals surface area contributed by atoms with Crippen LogP contribution in [0, 0.1) is 0 Å². The van der Waals surface area contributed by atoms with Crippen LogP contribution in [0.4, 0.5) is 4.79 Å². The molecule has 1 aromatic carbocycles. The molecule has 21 heavy (non-hydrogen) atoms. The smallest absolute Gasteiger partial charge is 0.282 e. The van der Waals surface area contributed by atoms with Gasteiger partial charge in [0.1, 0.15) is 13.1 Å². The molecule has 0 radical (unpaired) electrons. The first-order valence-electron chi connectivity index (χ1n) is 7.10. The summed E-state index contributed by atoms with van der Waals surface area (Å²) in [5.41, 5.74) is 2.35. The van der Waals surface area contributed by atoms with Gasteiger partial charge >= 0.3 is 0 Å². The van der Waals surface area contributed by atoms with E-state index in [-0.39, 0.29) is 17.7 Å². The molecule has 2 rings (SSSR count). The lowest BCUT2D eigenvalue weighted by atomic mass is 10.1. The van der Waals surface area contributed by atoms with Gasteiger partial charge < -0.3 is 15.1 Å². The number of amides is 2. The highest BCUT2D eigenvalue weighted by Crippen LogP contribution is 2.16. The highest BCUT2D eigenvalue weighted by atomic mass is 32.2. The summed E-state index contributed by atoms with van der Waals surface area (Å²) in [5, 5.41) is 2.86. The summed E-state index contributed by atoms with van der Waals surface area (Å²) in [5.74, 6) is 0.675. The van der Waals surface area contributed by atoms with Crippen molar-refractivity contribution in [3.63, 3.8) is 0 Å². The molecule has 1 aliphatic heterocycles. The maximum atomic E-state index is 11.8. The zero-order valence-electron chi connectivity index (χ0n) is 12.5. The van der Waals surface area contributed by atoms with Gasteiger partial charge in [-0.15, -0.1) is 0 Å². The molecule has 0 saturated carbocycles. The Morgan fingerprint density at radius 3 is 2.52 bits per heavy atom. The molecular weight excluding hydrogens is 286 g/mol. The van der Waals surface area contributed by atoms with Gasteiger partial charge in [-0.25, -0.2) is 0 Å². The topological polar surface area (TPSA) is 53.9 Å². The van der Waals surface area contributed by atoms with Gasteiger partial charge in [-0.2, -0.15) is 0 Å². The zero-order valence-corrected chi connectivity index (χ0v) is 13.3. The number of nitrogens with one attached hydrogen (secondary N) is 2. The predicted octanol–water partition coefficient (Wildman–Crippen LogP) is 0.116. The van der Waals surface area contributed by atoms with Crippen LogP contribution in [0.25, 0.3) is 0 Å². The van der Waals surface area contributed by atoms with Crippen molar-refractivity contribution in [3.05, 3.63) is 35.4 Å². The quantitative estimate of drug-likeness (QED) is 0.785. The zero-order chi connectivity index (χ0) is 15.2. The Kier molecular flexibility index (Phi) is 5.64. The number of carbonyl (C=O) groups is 2. The molecule has 1 aromatic rings. The first kappa shape index (κ1) is 15.9. The van der Waals surface area contributed by atoms with E-state index in [1.165, 1.54) is 22.2 Å². The van der Waals surface area contributed by atoms with E-state index < -0.39 is 0 Å². The molecule has 114 valence electrons.